The summed E-state index contributed by atoms with van der Waals surface area (Å²) in [6.45, 7) is 0.118. The number of hydrogen-bond acceptors (Lipinski definition) is 6. The van der Waals surface area contributed by atoms with Gasteiger partial charge < -0.3 is 5.11 Å². The number of hydrogen-bond donors (Lipinski definition) is 2. The summed E-state index contributed by atoms with van der Waals surface area (Å²) < 4.78 is 26.0. The maximum absolute atomic E-state index is 12.0. The number of halogens is 1. The summed E-state index contributed by atoms with van der Waals surface area (Å²) in [5.41, 5.74) is -0.419. The molecule has 112 valence electrons. The summed E-state index contributed by atoms with van der Waals surface area (Å²) in [5, 5.41) is 20.3. The van der Waals surface area contributed by atoms with Gasteiger partial charge in [-0.15, -0.1) is 11.3 Å². The Bertz CT molecular complexity index is 615. The standard InChI is InChI=1S/C10H13ClN2O5S2/c11-10-7(13(15)16)4-9(19-10)20(17,18)12-5-6-2-1-3-8(6)14/h4,6,8,12,14H,1-3,5H2. The second-order valence-electron chi connectivity index (χ2n) is 4.59. The molecule has 0 aliphatic heterocycles. The summed E-state index contributed by atoms with van der Waals surface area (Å²) in [7, 11) is -3.84. The van der Waals surface area contributed by atoms with E-state index in [1.165, 1.54) is 0 Å². The van der Waals surface area contributed by atoms with Crippen LogP contribution in [0.1, 0.15) is 19.3 Å². The molecule has 2 atom stereocenters. The van der Waals surface area contributed by atoms with Gasteiger partial charge in [0.15, 0.2) is 4.34 Å². The van der Waals surface area contributed by atoms with E-state index >= 15 is 0 Å². The molecule has 0 aromatic carbocycles. The highest BCUT2D eigenvalue weighted by Crippen LogP contribution is 2.36. The smallest absolute Gasteiger partial charge is 0.300 e. The Morgan fingerprint density at radius 3 is 2.75 bits per heavy atom. The van der Waals surface area contributed by atoms with Crippen LogP contribution in [0.2, 0.25) is 4.34 Å². The van der Waals surface area contributed by atoms with Crippen molar-refractivity contribution in [1.29, 1.82) is 0 Å². The predicted molar refractivity (Wildman–Crippen MR) is 74.5 cm³/mol. The first-order valence-electron chi connectivity index (χ1n) is 5.92. The number of nitro groups is 1. The first kappa shape index (κ1) is 15.6. The Kier molecular flexibility index (Phi) is 4.65. The molecule has 0 bridgehead atoms. The van der Waals surface area contributed by atoms with Gasteiger partial charge in [-0.3, -0.25) is 10.1 Å². The Labute approximate surface area is 124 Å². The van der Waals surface area contributed by atoms with Gasteiger partial charge in [0, 0.05) is 12.6 Å². The second kappa shape index (κ2) is 5.94. The molecule has 10 heteroatoms. The summed E-state index contributed by atoms with van der Waals surface area (Å²) >= 11 is 6.28. The lowest BCUT2D eigenvalue weighted by atomic mass is 10.1. The van der Waals surface area contributed by atoms with Crippen LogP contribution < -0.4 is 4.72 Å². The molecule has 0 amide bonds. The minimum atomic E-state index is -3.84. The van der Waals surface area contributed by atoms with Crippen molar-refractivity contribution in [2.75, 3.05) is 6.54 Å². The Morgan fingerprint density at radius 2 is 2.25 bits per heavy atom. The highest BCUT2D eigenvalue weighted by atomic mass is 35.5. The number of aliphatic hydroxyl groups is 1. The zero-order valence-electron chi connectivity index (χ0n) is 10.3. The molecule has 1 aromatic heterocycles. The third-order valence-electron chi connectivity index (χ3n) is 3.26. The van der Waals surface area contributed by atoms with E-state index in [2.05, 4.69) is 4.72 Å². The second-order valence-corrected chi connectivity index (χ2v) is 8.24. The van der Waals surface area contributed by atoms with Crippen molar-refractivity contribution in [3.63, 3.8) is 0 Å². The van der Waals surface area contributed by atoms with Crippen molar-refractivity contribution >= 4 is 38.6 Å². The van der Waals surface area contributed by atoms with Gasteiger partial charge in [0.05, 0.1) is 11.0 Å². The van der Waals surface area contributed by atoms with E-state index in [0.717, 1.165) is 18.9 Å². The number of aliphatic hydroxyl groups excluding tert-OH is 1. The number of thiophene rings is 1. The predicted octanol–water partition coefficient (Wildman–Crippen LogP) is 1.75. The third kappa shape index (κ3) is 3.29. The van der Waals surface area contributed by atoms with Gasteiger partial charge in [0.25, 0.3) is 5.69 Å². The van der Waals surface area contributed by atoms with E-state index in [1.807, 2.05) is 0 Å². The minimum absolute atomic E-state index is 0.116. The highest BCUT2D eigenvalue weighted by molar-refractivity contribution is 7.91. The van der Waals surface area contributed by atoms with Gasteiger partial charge in [0.2, 0.25) is 10.0 Å². The zero-order valence-corrected chi connectivity index (χ0v) is 12.7. The monoisotopic (exact) mass is 340 g/mol. The molecule has 0 spiro atoms. The van der Waals surface area contributed by atoms with Gasteiger partial charge >= 0.3 is 0 Å². The summed E-state index contributed by atoms with van der Waals surface area (Å²) in [6, 6.07) is 0.945. The summed E-state index contributed by atoms with van der Waals surface area (Å²) in [4.78, 5) is 9.93. The van der Waals surface area contributed by atoms with Gasteiger partial charge in [-0.05, 0) is 18.8 Å². The van der Waals surface area contributed by atoms with E-state index < -0.39 is 26.7 Å². The Hall–Kier alpha value is -0.740. The normalized spacial score (nSPS) is 23.1. The summed E-state index contributed by atoms with van der Waals surface area (Å²) in [5.74, 6) is -0.116. The third-order valence-corrected chi connectivity index (χ3v) is 6.50. The van der Waals surface area contributed by atoms with Crippen molar-refractivity contribution in [3.8, 4) is 0 Å². The lowest BCUT2D eigenvalue weighted by Gasteiger charge is -2.14. The average Bonchev–Trinajstić information content (AvgIpc) is 2.93. The first-order valence-corrected chi connectivity index (χ1v) is 8.60. The van der Waals surface area contributed by atoms with Crippen LogP contribution in [0.4, 0.5) is 5.69 Å². The van der Waals surface area contributed by atoms with Crippen molar-refractivity contribution in [3.05, 3.63) is 20.5 Å². The van der Waals surface area contributed by atoms with E-state index in [0.29, 0.717) is 17.8 Å². The summed E-state index contributed by atoms with van der Waals surface area (Å²) in [6.07, 6.45) is 1.79. The molecule has 2 unspecified atom stereocenters. The molecule has 1 saturated carbocycles. The van der Waals surface area contributed by atoms with Crippen LogP contribution in [0.15, 0.2) is 10.3 Å². The molecule has 1 aliphatic carbocycles. The van der Waals surface area contributed by atoms with Crippen LogP contribution in [0.25, 0.3) is 0 Å². The minimum Gasteiger partial charge on any atom is -0.393 e. The van der Waals surface area contributed by atoms with Gasteiger partial charge in [-0.1, -0.05) is 18.0 Å². The van der Waals surface area contributed by atoms with Crippen LogP contribution in [0.5, 0.6) is 0 Å². The van der Waals surface area contributed by atoms with E-state index in [-0.39, 0.29) is 21.0 Å². The molecule has 2 N–H and O–H groups in total. The Balaban J connectivity index is 2.10. The van der Waals surface area contributed by atoms with Crippen molar-refractivity contribution < 1.29 is 18.4 Å². The molecule has 7 nitrogen and oxygen atoms in total. The first-order chi connectivity index (χ1) is 9.31. The van der Waals surface area contributed by atoms with Gasteiger partial charge in [0.1, 0.15) is 4.21 Å². The maximum Gasteiger partial charge on any atom is 0.300 e. The fraction of sp³-hybridized carbons (Fsp3) is 0.600. The van der Waals surface area contributed by atoms with Crippen LogP contribution >= 0.6 is 22.9 Å². The number of nitrogens with zero attached hydrogens (tertiary/aromatic N) is 1. The fourth-order valence-electron chi connectivity index (χ4n) is 2.14. The largest absolute Gasteiger partial charge is 0.393 e. The molecule has 2 rings (SSSR count). The molecule has 1 aliphatic rings. The molecule has 1 fully saturated rings. The quantitative estimate of drug-likeness (QED) is 0.626. The van der Waals surface area contributed by atoms with Crippen molar-refractivity contribution in [1.82, 2.24) is 4.72 Å². The topological polar surface area (TPSA) is 110 Å². The van der Waals surface area contributed by atoms with Crippen LogP contribution in [0, 0.1) is 16.0 Å². The number of rotatable bonds is 5. The fourth-order valence-corrected chi connectivity index (χ4v) is 4.94. The number of sulfonamides is 1. The van der Waals surface area contributed by atoms with Crippen LogP contribution in [0.3, 0.4) is 0 Å². The average molecular weight is 341 g/mol. The molecular weight excluding hydrogens is 328 g/mol. The lowest BCUT2D eigenvalue weighted by Crippen LogP contribution is -2.32. The zero-order chi connectivity index (χ0) is 14.9. The maximum atomic E-state index is 12.0. The van der Waals surface area contributed by atoms with Gasteiger partial charge in [-0.2, -0.15) is 0 Å². The molecule has 0 saturated heterocycles. The Morgan fingerprint density at radius 1 is 1.55 bits per heavy atom. The van der Waals surface area contributed by atoms with Crippen LogP contribution in [-0.2, 0) is 10.0 Å². The van der Waals surface area contributed by atoms with Crippen molar-refractivity contribution in [2.24, 2.45) is 5.92 Å². The number of nitrogens with one attached hydrogen (secondary N) is 1. The van der Waals surface area contributed by atoms with E-state index in [4.69, 9.17) is 11.6 Å². The highest BCUT2D eigenvalue weighted by Gasteiger charge is 2.29. The molecule has 1 aromatic rings. The van der Waals surface area contributed by atoms with Crippen molar-refractivity contribution in [2.45, 2.75) is 29.6 Å². The molecule has 20 heavy (non-hydrogen) atoms. The molecule has 1 heterocycles. The van der Waals surface area contributed by atoms with E-state index in [9.17, 15) is 23.6 Å². The van der Waals surface area contributed by atoms with Gasteiger partial charge in [-0.25, -0.2) is 13.1 Å². The molecular formula is C10H13ClN2O5S2. The van der Waals surface area contributed by atoms with Crippen LogP contribution in [-0.4, -0.2) is 31.1 Å². The van der Waals surface area contributed by atoms with E-state index in [1.54, 1.807) is 0 Å². The molecule has 0 radical (unpaired) electrons. The SMILES string of the molecule is O=[N+]([O-])c1cc(S(=O)(=O)NCC2CCCC2O)sc1Cl. The lowest BCUT2D eigenvalue weighted by molar-refractivity contribution is -0.384.